The zero-order chi connectivity index (χ0) is 12.7. The highest BCUT2D eigenvalue weighted by Crippen LogP contribution is 2.18. The highest BCUT2D eigenvalue weighted by molar-refractivity contribution is 5.48. The molecule has 0 fully saturated rings. The lowest BCUT2D eigenvalue weighted by Gasteiger charge is -2.23. The van der Waals surface area contributed by atoms with Gasteiger partial charge in [0.05, 0.1) is 7.11 Å². The fourth-order valence-corrected chi connectivity index (χ4v) is 1.65. The molecule has 1 aromatic rings. The number of likely N-dealkylation sites (N-methyl/N-ethyl adjacent to an activating group) is 1. The van der Waals surface area contributed by atoms with E-state index in [0.717, 1.165) is 24.4 Å². The number of hydrogen-bond acceptors (Lipinski definition) is 4. The third-order valence-corrected chi connectivity index (χ3v) is 2.71. The Bertz CT molecular complexity index is 314. The van der Waals surface area contributed by atoms with Crippen LogP contribution in [0.25, 0.3) is 0 Å². The fraction of sp³-hybridized carbons (Fsp3) is 0.538. The normalized spacial score (nSPS) is 12.2. The van der Waals surface area contributed by atoms with Gasteiger partial charge >= 0.3 is 0 Å². The summed E-state index contributed by atoms with van der Waals surface area (Å²) in [7, 11) is 5.40. The van der Waals surface area contributed by atoms with E-state index in [9.17, 15) is 0 Å². The second-order valence-electron chi connectivity index (χ2n) is 4.12. The minimum Gasteiger partial charge on any atom is -0.497 e. The minimum atomic E-state index is 0.127. The summed E-state index contributed by atoms with van der Waals surface area (Å²) in [4.78, 5) is 2.14. The van der Waals surface area contributed by atoms with Crippen LogP contribution in [0.1, 0.15) is 6.42 Å². The molecule has 1 rings (SSSR count). The molecule has 1 unspecified atom stereocenters. The van der Waals surface area contributed by atoms with E-state index in [2.05, 4.69) is 4.90 Å². The van der Waals surface area contributed by atoms with Crippen molar-refractivity contribution in [3.8, 4) is 5.75 Å². The van der Waals surface area contributed by atoms with Crippen LogP contribution in [0.5, 0.6) is 5.75 Å². The summed E-state index contributed by atoms with van der Waals surface area (Å²) >= 11 is 0. The highest BCUT2D eigenvalue weighted by Gasteiger charge is 2.07. The molecule has 0 saturated heterocycles. The summed E-state index contributed by atoms with van der Waals surface area (Å²) < 4.78 is 10.1. The molecule has 4 heteroatoms. The minimum absolute atomic E-state index is 0.127. The maximum atomic E-state index is 6.01. The summed E-state index contributed by atoms with van der Waals surface area (Å²) in [5, 5.41) is 0. The van der Waals surface area contributed by atoms with Gasteiger partial charge in [-0.05, 0) is 30.7 Å². The first-order valence-electron chi connectivity index (χ1n) is 5.77. The number of nitrogens with zero attached hydrogens (tertiary/aromatic N) is 1. The van der Waals surface area contributed by atoms with Gasteiger partial charge in [-0.1, -0.05) is 0 Å². The number of rotatable bonds is 7. The van der Waals surface area contributed by atoms with Crippen LogP contribution in [0.15, 0.2) is 24.3 Å². The van der Waals surface area contributed by atoms with Crippen molar-refractivity contribution in [2.45, 2.75) is 12.5 Å². The molecule has 1 aromatic carbocycles. The third kappa shape index (κ3) is 4.63. The Labute approximate surface area is 103 Å². The number of benzene rings is 1. The second-order valence-corrected chi connectivity index (χ2v) is 4.12. The molecule has 0 bridgehead atoms. The van der Waals surface area contributed by atoms with Crippen molar-refractivity contribution in [3.63, 3.8) is 0 Å². The molecule has 0 aliphatic rings. The Balaban J connectivity index is 2.47. The van der Waals surface area contributed by atoms with Crippen molar-refractivity contribution in [2.24, 2.45) is 5.73 Å². The summed E-state index contributed by atoms with van der Waals surface area (Å²) in [5.41, 5.74) is 7.15. The van der Waals surface area contributed by atoms with Gasteiger partial charge in [-0.25, -0.2) is 0 Å². The molecule has 0 radical (unpaired) electrons. The lowest BCUT2D eigenvalue weighted by atomic mass is 10.2. The molecule has 17 heavy (non-hydrogen) atoms. The summed E-state index contributed by atoms with van der Waals surface area (Å²) in [5.74, 6) is 0.867. The standard InChI is InChI=1S/C13H22N2O2/c1-15(10-11(14)8-9-16-2)12-4-6-13(17-3)7-5-12/h4-7,11H,8-10,14H2,1-3H3. The zero-order valence-corrected chi connectivity index (χ0v) is 10.8. The largest absolute Gasteiger partial charge is 0.497 e. The van der Waals surface area contributed by atoms with Crippen LogP contribution in [0.2, 0.25) is 0 Å². The lowest BCUT2D eigenvalue weighted by Crippen LogP contribution is -2.36. The van der Waals surface area contributed by atoms with Crippen molar-refractivity contribution in [1.82, 2.24) is 0 Å². The summed E-state index contributed by atoms with van der Waals surface area (Å²) in [6, 6.07) is 8.09. The second kappa shape index (κ2) is 7.14. The highest BCUT2D eigenvalue weighted by atomic mass is 16.5. The van der Waals surface area contributed by atoms with Gasteiger partial charge < -0.3 is 20.1 Å². The topological polar surface area (TPSA) is 47.7 Å². The average Bonchev–Trinajstić information content (AvgIpc) is 2.36. The van der Waals surface area contributed by atoms with E-state index in [0.29, 0.717) is 6.61 Å². The third-order valence-electron chi connectivity index (χ3n) is 2.71. The Morgan fingerprint density at radius 3 is 2.41 bits per heavy atom. The fourth-order valence-electron chi connectivity index (χ4n) is 1.65. The van der Waals surface area contributed by atoms with Crippen LogP contribution in [-0.2, 0) is 4.74 Å². The van der Waals surface area contributed by atoms with Crippen LogP contribution < -0.4 is 15.4 Å². The van der Waals surface area contributed by atoms with Crippen molar-refractivity contribution in [3.05, 3.63) is 24.3 Å². The van der Waals surface area contributed by atoms with Crippen LogP contribution in [0, 0.1) is 0 Å². The smallest absolute Gasteiger partial charge is 0.119 e. The van der Waals surface area contributed by atoms with Crippen LogP contribution in [-0.4, -0.2) is 40.5 Å². The van der Waals surface area contributed by atoms with Crippen molar-refractivity contribution >= 4 is 5.69 Å². The van der Waals surface area contributed by atoms with Gasteiger partial charge in [0, 0.05) is 39.0 Å². The van der Waals surface area contributed by atoms with Crippen molar-refractivity contribution in [1.29, 1.82) is 0 Å². The van der Waals surface area contributed by atoms with Gasteiger partial charge in [0.2, 0.25) is 0 Å². The molecule has 2 N–H and O–H groups in total. The van der Waals surface area contributed by atoms with E-state index in [4.69, 9.17) is 15.2 Å². The molecular weight excluding hydrogens is 216 g/mol. The van der Waals surface area contributed by atoms with Gasteiger partial charge in [0.15, 0.2) is 0 Å². The quantitative estimate of drug-likeness (QED) is 0.782. The predicted molar refractivity (Wildman–Crippen MR) is 70.7 cm³/mol. The lowest BCUT2D eigenvalue weighted by molar-refractivity contribution is 0.188. The number of anilines is 1. The van der Waals surface area contributed by atoms with E-state index in [-0.39, 0.29) is 6.04 Å². The molecule has 4 nitrogen and oxygen atoms in total. The molecule has 0 aliphatic carbocycles. The molecule has 0 spiro atoms. The number of methoxy groups -OCH3 is 2. The molecule has 0 heterocycles. The maximum Gasteiger partial charge on any atom is 0.119 e. The zero-order valence-electron chi connectivity index (χ0n) is 10.8. The Morgan fingerprint density at radius 2 is 1.88 bits per heavy atom. The van der Waals surface area contributed by atoms with Crippen LogP contribution in [0.4, 0.5) is 5.69 Å². The molecule has 0 amide bonds. The number of hydrogen-bond donors (Lipinski definition) is 1. The summed E-state index contributed by atoms with van der Waals surface area (Å²) in [6.07, 6.45) is 0.872. The van der Waals surface area contributed by atoms with Crippen LogP contribution >= 0.6 is 0 Å². The summed E-state index contributed by atoms with van der Waals surface area (Å²) in [6.45, 7) is 1.52. The first kappa shape index (κ1) is 13.8. The van der Waals surface area contributed by atoms with Gasteiger partial charge in [-0.3, -0.25) is 0 Å². The van der Waals surface area contributed by atoms with E-state index >= 15 is 0 Å². The predicted octanol–water partition coefficient (Wildman–Crippen LogP) is 1.50. The SMILES string of the molecule is COCCC(N)CN(C)c1ccc(OC)cc1. The Morgan fingerprint density at radius 1 is 1.24 bits per heavy atom. The van der Waals surface area contributed by atoms with Crippen LogP contribution in [0.3, 0.4) is 0 Å². The van der Waals surface area contributed by atoms with Gasteiger partial charge in [0.25, 0.3) is 0 Å². The molecule has 1 atom stereocenters. The maximum absolute atomic E-state index is 6.01. The first-order valence-corrected chi connectivity index (χ1v) is 5.77. The van der Waals surface area contributed by atoms with Crippen molar-refractivity contribution < 1.29 is 9.47 Å². The van der Waals surface area contributed by atoms with Gasteiger partial charge in [-0.2, -0.15) is 0 Å². The molecule has 0 saturated carbocycles. The van der Waals surface area contributed by atoms with E-state index < -0.39 is 0 Å². The number of ether oxygens (including phenoxy) is 2. The Kier molecular flexibility index (Phi) is 5.80. The van der Waals surface area contributed by atoms with Crippen molar-refractivity contribution in [2.75, 3.05) is 39.3 Å². The first-order chi connectivity index (χ1) is 8.17. The molecule has 0 aliphatic heterocycles. The number of nitrogens with two attached hydrogens (primary N) is 1. The molecule has 0 aromatic heterocycles. The monoisotopic (exact) mass is 238 g/mol. The van der Waals surface area contributed by atoms with Gasteiger partial charge in [0.1, 0.15) is 5.75 Å². The van der Waals surface area contributed by atoms with Gasteiger partial charge in [-0.15, -0.1) is 0 Å². The molecule has 96 valence electrons. The van der Waals surface area contributed by atoms with E-state index in [1.807, 2.05) is 31.3 Å². The Hall–Kier alpha value is -1.26. The average molecular weight is 238 g/mol. The van der Waals surface area contributed by atoms with E-state index in [1.54, 1.807) is 14.2 Å². The van der Waals surface area contributed by atoms with E-state index in [1.165, 1.54) is 0 Å². The molecular formula is C13H22N2O2.